The third-order valence-electron chi connectivity index (χ3n) is 5.04. The minimum Gasteiger partial charge on any atom is -0.494 e. The summed E-state index contributed by atoms with van der Waals surface area (Å²) in [5.74, 6) is 1.10. The SMILES string of the molecule is CCOc1cccc(-c2nc3ncc(NS(=O)(=O)CC(C)(C)O)nc3n2-c2c(OC)cccc2OC)n1. The predicted octanol–water partition coefficient (Wildman–Crippen LogP) is 2.81. The van der Waals surface area contributed by atoms with Gasteiger partial charge in [-0.25, -0.2) is 28.4 Å². The number of methoxy groups -OCH3 is 2. The number of para-hydroxylation sites is 1. The highest BCUT2D eigenvalue weighted by Crippen LogP contribution is 2.38. The van der Waals surface area contributed by atoms with Gasteiger partial charge < -0.3 is 19.3 Å². The fourth-order valence-corrected chi connectivity index (χ4v) is 5.18. The summed E-state index contributed by atoms with van der Waals surface area (Å²) in [4.78, 5) is 18.1. The van der Waals surface area contributed by atoms with Gasteiger partial charge in [0, 0.05) is 6.07 Å². The number of rotatable bonds is 10. The first kappa shape index (κ1) is 26.1. The molecule has 3 heterocycles. The largest absolute Gasteiger partial charge is 0.494 e. The van der Waals surface area contributed by atoms with Crippen molar-refractivity contribution in [3.8, 4) is 34.6 Å². The van der Waals surface area contributed by atoms with Crippen molar-refractivity contribution in [2.45, 2.75) is 26.4 Å². The number of fused-ring (bicyclic) bond motifs is 1. The average molecular weight is 529 g/mol. The van der Waals surface area contributed by atoms with E-state index in [4.69, 9.17) is 14.2 Å². The lowest BCUT2D eigenvalue weighted by Gasteiger charge is -2.18. The number of anilines is 1. The van der Waals surface area contributed by atoms with E-state index >= 15 is 0 Å². The standard InChI is InChI=1S/C24H28N6O6S/c1-6-36-19-12-7-9-15(26-19)22-28-21-23(30(22)20-16(34-4)10-8-11-17(20)35-5)27-18(13-25-21)29-37(32,33)14-24(2,3)31/h7-13,31H,6,14H2,1-5H3,(H,27,29). The molecule has 0 bridgehead atoms. The minimum absolute atomic E-state index is 0.0469. The molecule has 0 fully saturated rings. The van der Waals surface area contributed by atoms with Gasteiger partial charge >= 0.3 is 0 Å². The molecule has 2 N–H and O–H groups in total. The number of nitrogens with zero attached hydrogens (tertiary/aromatic N) is 5. The van der Waals surface area contributed by atoms with Crippen LogP contribution in [0.2, 0.25) is 0 Å². The van der Waals surface area contributed by atoms with Gasteiger partial charge in [0.05, 0.1) is 38.4 Å². The lowest BCUT2D eigenvalue weighted by atomic mass is 10.2. The number of aromatic nitrogens is 5. The molecule has 196 valence electrons. The summed E-state index contributed by atoms with van der Waals surface area (Å²) in [6.07, 6.45) is 1.26. The summed E-state index contributed by atoms with van der Waals surface area (Å²) >= 11 is 0. The Labute approximate surface area is 214 Å². The van der Waals surface area contributed by atoms with Crippen LogP contribution in [-0.4, -0.2) is 70.2 Å². The predicted molar refractivity (Wildman–Crippen MR) is 138 cm³/mol. The molecule has 0 unspecified atom stereocenters. The Bertz CT molecular complexity index is 1510. The molecule has 3 aromatic heterocycles. The summed E-state index contributed by atoms with van der Waals surface area (Å²) in [6, 6.07) is 10.6. The zero-order valence-corrected chi connectivity index (χ0v) is 21.9. The van der Waals surface area contributed by atoms with Crippen LogP contribution in [-0.2, 0) is 10.0 Å². The number of ether oxygens (including phenoxy) is 3. The highest BCUT2D eigenvalue weighted by atomic mass is 32.2. The topological polar surface area (TPSA) is 151 Å². The van der Waals surface area contributed by atoms with Crippen molar-refractivity contribution in [3.63, 3.8) is 0 Å². The Kier molecular flexibility index (Phi) is 7.18. The van der Waals surface area contributed by atoms with Crippen LogP contribution < -0.4 is 18.9 Å². The molecule has 1 aromatic carbocycles. The highest BCUT2D eigenvalue weighted by Gasteiger charge is 2.26. The molecule has 37 heavy (non-hydrogen) atoms. The molecule has 0 saturated heterocycles. The van der Waals surface area contributed by atoms with E-state index in [2.05, 4.69) is 24.7 Å². The Morgan fingerprint density at radius 3 is 2.32 bits per heavy atom. The van der Waals surface area contributed by atoms with Crippen molar-refractivity contribution in [2.75, 3.05) is 31.3 Å². The quantitative estimate of drug-likeness (QED) is 0.314. The summed E-state index contributed by atoms with van der Waals surface area (Å²) in [6.45, 7) is 5.10. The van der Waals surface area contributed by atoms with Crippen LogP contribution >= 0.6 is 0 Å². The van der Waals surface area contributed by atoms with Crippen LogP contribution in [0.3, 0.4) is 0 Å². The Hall–Kier alpha value is -3.97. The lowest BCUT2D eigenvalue weighted by molar-refractivity contribution is 0.105. The molecule has 4 aromatic rings. The number of hydrogen-bond acceptors (Lipinski definition) is 10. The molecule has 0 aliphatic heterocycles. The van der Waals surface area contributed by atoms with Gasteiger partial charge in [-0.3, -0.25) is 9.29 Å². The normalized spacial score (nSPS) is 11.9. The smallest absolute Gasteiger partial charge is 0.236 e. The second-order valence-electron chi connectivity index (χ2n) is 8.65. The van der Waals surface area contributed by atoms with Crippen LogP contribution in [0.4, 0.5) is 5.82 Å². The van der Waals surface area contributed by atoms with E-state index in [1.165, 1.54) is 34.3 Å². The number of imidazole rings is 1. The molecular weight excluding hydrogens is 500 g/mol. The van der Waals surface area contributed by atoms with Crippen LogP contribution in [0.25, 0.3) is 28.5 Å². The molecule has 0 spiro atoms. The van der Waals surface area contributed by atoms with E-state index in [-0.39, 0.29) is 17.1 Å². The fourth-order valence-electron chi connectivity index (χ4n) is 3.77. The molecule has 0 amide bonds. The summed E-state index contributed by atoms with van der Waals surface area (Å²) in [7, 11) is -0.890. The molecule has 0 radical (unpaired) electrons. The maximum atomic E-state index is 12.6. The minimum atomic E-state index is -3.93. The third-order valence-corrected chi connectivity index (χ3v) is 6.65. The monoisotopic (exact) mass is 528 g/mol. The van der Waals surface area contributed by atoms with Crippen molar-refractivity contribution in [1.29, 1.82) is 0 Å². The van der Waals surface area contributed by atoms with Crippen LogP contribution in [0.5, 0.6) is 17.4 Å². The van der Waals surface area contributed by atoms with Gasteiger partial charge in [0.25, 0.3) is 0 Å². The number of sulfonamides is 1. The average Bonchev–Trinajstić information content (AvgIpc) is 3.20. The Balaban J connectivity index is 1.98. The van der Waals surface area contributed by atoms with E-state index in [1.807, 2.05) is 6.92 Å². The first-order valence-corrected chi connectivity index (χ1v) is 13.0. The van der Waals surface area contributed by atoms with Crippen LogP contribution in [0, 0.1) is 0 Å². The zero-order valence-electron chi connectivity index (χ0n) is 21.1. The number of aliphatic hydroxyl groups is 1. The van der Waals surface area contributed by atoms with Gasteiger partial charge in [0.1, 0.15) is 22.9 Å². The van der Waals surface area contributed by atoms with Gasteiger partial charge in [-0.1, -0.05) is 12.1 Å². The first-order valence-electron chi connectivity index (χ1n) is 11.3. The Morgan fingerprint density at radius 1 is 1.03 bits per heavy atom. The summed E-state index contributed by atoms with van der Waals surface area (Å²) < 4.78 is 46.0. The molecule has 13 heteroatoms. The van der Waals surface area contributed by atoms with E-state index in [9.17, 15) is 13.5 Å². The number of hydrogen-bond donors (Lipinski definition) is 2. The maximum absolute atomic E-state index is 12.6. The highest BCUT2D eigenvalue weighted by molar-refractivity contribution is 7.92. The Morgan fingerprint density at radius 2 is 1.70 bits per heavy atom. The van der Waals surface area contributed by atoms with Crippen LogP contribution in [0.15, 0.2) is 42.6 Å². The lowest BCUT2D eigenvalue weighted by Crippen LogP contribution is -2.33. The first-order chi connectivity index (χ1) is 17.5. The van der Waals surface area contributed by atoms with Crippen molar-refractivity contribution in [2.24, 2.45) is 0 Å². The van der Waals surface area contributed by atoms with E-state index in [1.54, 1.807) is 41.0 Å². The van der Waals surface area contributed by atoms with Gasteiger partial charge in [0.2, 0.25) is 15.9 Å². The molecule has 4 rings (SSSR count). The van der Waals surface area contributed by atoms with Crippen LogP contribution in [0.1, 0.15) is 20.8 Å². The molecule has 12 nitrogen and oxygen atoms in total. The van der Waals surface area contributed by atoms with Gasteiger partial charge in [-0.2, -0.15) is 0 Å². The molecule has 0 aliphatic rings. The molecular formula is C24H28N6O6S. The zero-order chi connectivity index (χ0) is 26.8. The molecule has 0 saturated carbocycles. The van der Waals surface area contributed by atoms with Crippen molar-refractivity contribution in [3.05, 3.63) is 42.6 Å². The second kappa shape index (κ2) is 10.2. The van der Waals surface area contributed by atoms with E-state index in [0.29, 0.717) is 41.2 Å². The van der Waals surface area contributed by atoms with Crippen molar-refractivity contribution in [1.82, 2.24) is 24.5 Å². The van der Waals surface area contributed by atoms with E-state index < -0.39 is 21.4 Å². The molecule has 0 aliphatic carbocycles. The number of benzene rings is 1. The van der Waals surface area contributed by atoms with Crippen molar-refractivity contribution >= 4 is 27.1 Å². The maximum Gasteiger partial charge on any atom is 0.236 e. The number of pyridine rings is 1. The fraction of sp³-hybridized carbons (Fsp3) is 0.333. The molecule has 0 atom stereocenters. The van der Waals surface area contributed by atoms with Gasteiger partial charge in [-0.05, 0) is 39.0 Å². The third kappa shape index (κ3) is 5.73. The van der Waals surface area contributed by atoms with Gasteiger partial charge in [0.15, 0.2) is 22.9 Å². The van der Waals surface area contributed by atoms with E-state index in [0.717, 1.165) is 0 Å². The summed E-state index contributed by atoms with van der Waals surface area (Å²) in [5, 5.41) is 9.99. The second-order valence-corrected chi connectivity index (χ2v) is 10.4. The van der Waals surface area contributed by atoms with Gasteiger partial charge in [-0.15, -0.1) is 0 Å². The summed E-state index contributed by atoms with van der Waals surface area (Å²) in [5.41, 5.74) is -0.0514. The van der Waals surface area contributed by atoms with Crippen molar-refractivity contribution < 1.29 is 27.7 Å². The number of nitrogens with one attached hydrogen (secondary N) is 1.